The van der Waals surface area contributed by atoms with Crippen LogP contribution in [0.3, 0.4) is 0 Å². The summed E-state index contributed by atoms with van der Waals surface area (Å²) in [4.78, 5) is 19.7. The molecule has 0 radical (unpaired) electrons. The van der Waals surface area contributed by atoms with Gasteiger partial charge in [0.2, 0.25) is 11.9 Å². The highest BCUT2D eigenvalue weighted by molar-refractivity contribution is 7.99. The van der Waals surface area contributed by atoms with Gasteiger partial charge in [-0.2, -0.15) is 0 Å². The number of benzene rings is 1. The Balaban J connectivity index is 1.90. The highest BCUT2D eigenvalue weighted by Crippen LogP contribution is 2.17. The van der Waals surface area contributed by atoms with Gasteiger partial charge in [0.15, 0.2) is 0 Å². The molecule has 5 nitrogen and oxygen atoms in total. The van der Waals surface area contributed by atoms with Crippen LogP contribution >= 0.6 is 11.8 Å². The van der Waals surface area contributed by atoms with Gasteiger partial charge in [0, 0.05) is 11.4 Å². The lowest BCUT2D eigenvalue weighted by molar-refractivity contribution is -0.113. The predicted molar refractivity (Wildman–Crippen MR) is 76.9 cm³/mol. The summed E-state index contributed by atoms with van der Waals surface area (Å²) in [6.45, 7) is 1.81. The zero-order valence-electron chi connectivity index (χ0n) is 10.8. The second-order valence-corrected chi connectivity index (χ2v) is 5.05. The molecule has 7 heteroatoms. The van der Waals surface area contributed by atoms with Gasteiger partial charge in [0.1, 0.15) is 10.8 Å². The third-order valence-corrected chi connectivity index (χ3v) is 3.24. The van der Waals surface area contributed by atoms with Gasteiger partial charge >= 0.3 is 0 Å². The SMILES string of the molecule is Cc1cc(SCC(=O)Nc2ccc(F)cc2)nc(N)n1. The molecule has 0 spiro atoms. The first kappa shape index (κ1) is 14.3. The summed E-state index contributed by atoms with van der Waals surface area (Å²) in [5.74, 6) is -0.167. The minimum absolute atomic E-state index is 0.187. The number of nitrogens with one attached hydrogen (secondary N) is 1. The maximum Gasteiger partial charge on any atom is 0.234 e. The van der Waals surface area contributed by atoms with E-state index in [1.54, 1.807) is 13.0 Å². The van der Waals surface area contributed by atoms with E-state index >= 15 is 0 Å². The van der Waals surface area contributed by atoms with Crippen LogP contribution in [0.4, 0.5) is 16.0 Å². The van der Waals surface area contributed by atoms with E-state index in [2.05, 4.69) is 15.3 Å². The molecule has 20 heavy (non-hydrogen) atoms. The molecule has 2 aromatic rings. The molecule has 0 saturated heterocycles. The van der Waals surface area contributed by atoms with Gasteiger partial charge in [-0.3, -0.25) is 4.79 Å². The smallest absolute Gasteiger partial charge is 0.234 e. The first-order valence-corrected chi connectivity index (χ1v) is 6.81. The van der Waals surface area contributed by atoms with Crippen molar-refractivity contribution in [1.29, 1.82) is 0 Å². The topological polar surface area (TPSA) is 80.9 Å². The van der Waals surface area contributed by atoms with Crippen molar-refractivity contribution < 1.29 is 9.18 Å². The van der Waals surface area contributed by atoms with E-state index in [-0.39, 0.29) is 23.4 Å². The number of amides is 1. The number of thioether (sulfide) groups is 1. The maximum atomic E-state index is 12.7. The van der Waals surface area contributed by atoms with Crippen molar-refractivity contribution in [3.05, 3.63) is 41.8 Å². The third-order valence-electron chi connectivity index (χ3n) is 2.33. The van der Waals surface area contributed by atoms with E-state index in [4.69, 9.17) is 5.73 Å². The Hall–Kier alpha value is -2.15. The molecule has 0 aliphatic rings. The Labute approximate surface area is 119 Å². The summed E-state index contributed by atoms with van der Waals surface area (Å²) in [5, 5.41) is 3.31. The largest absolute Gasteiger partial charge is 0.368 e. The van der Waals surface area contributed by atoms with Crippen molar-refractivity contribution in [2.75, 3.05) is 16.8 Å². The molecule has 2 rings (SSSR count). The predicted octanol–water partition coefficient (Wildman–Crippen LogP) is 2.24. The number of hydrogen-bond donors (Lipinski definition) is 2. The molecule has 1 aromatic heterocycles. The number of halogens is 1. The maximum absolute atomic E-state index is 12.7. The average Bonchev–Trinajstić information content (AvgIpc) is 2.38. The minimum atomic E-state index is -0.343. The number of anilines is 2. The normalized spacial score (nSPS) is 10.3. The summed E-state index contributed by atoms with van der Waals surface area (Å²) in [5.41, 5.74) is 6.83. The number of carbonyl (C=O) groups excluding carboxylic acids is 1. The van der Waals surface area contributed by atoms with Crippen LogP contribution in [-0.2, 0) is 4.79 Å². The van der Waals surface area contributed by atoms with Gasteiger partial charge in [-0.05, 0) is 37.3 Å². The summed E-state index contributed by atoms with van der Waals surface area (Å²) < 4.78 is 12.7. The minimum Gasteiger partial charge on any atom is -0.368 e. The lowest BCUT2D eigenvalue weighted by atomic mass is 10.3. The van der Waals surface area contributed by atoms with E-state index < -0.39 is 0 Å². The van der Waals surface area contributed by atoms with E-state index in [0.717, 1.165) is 5.69 Å². The Morgan fingerprint density at radius 3 is 2.70 bits per heavy atom. The fourth-order valence-electron chi connectivity index (χ4n) is 1.51. The number of nitrogens with two attached hydrogens (primary N) is 1. The quantitative estimate of drug-likeness (QED) is 0.667. The number of hydrogen-bond acceptors (Lipinski definition) is 5. The molecule has 0 aliphatic heterocycles. The highest BCUT2D eigenvalue weighted by Gasteiger charge is 2.06. The molecule has 3 N–H and O–H groups in total. The summed E-state index contributed by atoms with van der Waals surface area (Å²) in [6.07, 6.45) is 0. The van der Waals surface area contributed by atoms with E-state index in [9.17, 15) is 9.18 Å². The summed E-state index contributed by atoms with van der Waals surface area (Å²) in [6, 6.07) is 7.34. The standard InChI is InChI=1S/C13H13FN4OS/c1-8-6-12(18-13(15)16-8)20-7-11(19)17-10-4-2-9(14)3-5-10/h2-6H,7H2,1H3,(H,17,19)(H2,15,16,18). The number of nitrogen functional groups attached to an aromatic ring is 1. The summed E-state index contributed by atoms with van der Waals surface area (Å²) in [7, 11) is 0. The fraction of sp³-hybridized carbons (Fsp3) is 0.154. The molecule has 0 fully saturated rings. The molecule has 1 aromatic carbocycles. The third kappa shape index (κ3) is 4.20. The van der Waals surface area contributed by atoms with Crippen molar-refractivity contribution in [2.24, 2.45) is 0 Å². The number of nitrogens with zero attached hydrogens (tertiary/aromatic N) is 2. The average molecular weight is 292 g/mol. The molecule has 1 heterocycles. The second kappa shape index (κ2) is 6.33. The molecule has 0 aliphatic carbocycles. The van der Waals surface area contributed by atoms with Crippen LogP contribution in [0.25, 0.3) is 0 Å². The molecule has 0 unspecified atom stereocenters. The van der Waals surface area contributed by atoms with Gasteiger partial charge < -0.3 is 11.1 Å². The fourth-order valence-corrected chi connectivity index (χ4v) is 2.27. The molecular formula is C13H13FN4OS. The number of carbonyl (C=O) groups is 1. The summed E-state index contributed by atoms with van der Waals surface area (Å²) >= 11 is 1.26. The number of aryl methyl sites for hydroxylation is 1. The number of aromatic nitrogens is 2. The lowest BCUT2D eigenvalue weighted by Crippen LogP contribution is -2.14. The Bertz CT molecular complexity index is 598. The van der Waals surface area contributed by atoms with Crippen LogP contribution < -0.4 is 11.1 Å². The van der Waals surface area contributed by atoms with Crippen LogP contribution in [0.2, 0.25) is 0 Å². The van der Waals surface area contributed by atoms with Crippen LogP contribution in [0.1, 0.15) is 5.69 Å². The second-order valence-electron chi connectivity index (χ2n) is 4.05. The van der Waals surface area contributed by atoms with Gasteiger partial charge in [-0.1, -0.05) is 11.8 Å². The van der Waals surface area contributed by atoms with Crippen LogP contribution in [0.5, 0.6) is 0 Å². The monoisotopic (exact) mass is 292 g/mol. The highest BCUT2D eigenvalue weighted by atomic mass is 32.2. The first-order chi connectivity index (χ1) is 9.52. The van der Waals surface area contributed by atoms with Crippen molar-refractivity contribution in [1.82, 2.24) is 9.97 Å². The van der Waals surface area contributed by atoms with Gasteiger partial charge in [-0.15, -0.1) is 0 Å². The molecule has 0 saturated carbocycles. The van der Waals surface area contributed by atoms with Crippen molar-refractivity contribution in [2.45, 2.75) is 11.9 Å². The molecule has 104 valence electrons. The molecule has 1 amide bonds. The zero-order chi connectivity index (χ0) is 14.5. The van der Waals surface area contributed by atoms with E-state index in [1.165, 1.54) is 36.0 Å². The Morgan fingerprint density at radius 2 is 2.05 bits per heavy atom. The van der Waals surface area contributed by atoms with Gasteiger partial charge in [0.25, 0.3) is 0 Å². The molecule has 0 bridgehead atoms. The zero-order valence-corrected chi connectivity index (χ0v) is 11.6. The number of rotatable bonds is 4. The van der Waals surface area contributed by atoms with E-state index in [0.29, 0.717) is 10.7 Å². The van der Waals surface area contributed by atoms with E-state index in [1.807, 2.05) is 0 Å². The Morgan fingerprint density at radius 1 is 1.35 bits per heavy atom. The van der Waals surface area contributed by atoms with Crippen LogP contribution in [0.15, 0.2) is 35.4 Å². The van der Waals surface area contributed by atoms with Crippen molar-refractivity contribution >= 4 is 29.3 Å². The van der Waals surface area contributed by atoms with Gasteiger partial charge in [0.05, 0.1) is 5.75 Å². The van der Waals surface area contributed by atoms with Crippen LogP contribution in [-0.4, -0.2) is 21.6 Å². The van der Waals surface area contributed by atoms with Crippen LogP contribution in [0, 0.1) is 12.7 Å². The van der Waals surface area contributed by atoms with Crippen molar-refractivity contribution in [3.8, 4) is 0 Å². The van der Waals surface area contributed by atoms with Gasteiger partial charge in [-0.25, -0.2) is 14.4 Å². The first-order valence-electron chi connectivity index (χ1n) is 5.82. The Kier molecular flexibility index (Phi) is 4.52. The van der Waals surface area contributed by atoms with Crippen molar-refractivity contribution in [3.63, 3.8) is 0 Å². The molecular weight excluding hydrogens is 279 g/mol. The lowest BCUT2D eigenvalue weighted by Gasteiger charge is -2.05. The molecule has 0 atom stereocenters.